The molecule has 0 radical (unpaired) electrons. The maximum atomic E-state index is 11.0. The Kier molecular flexibility index (Phi) is 2.63. The van der Waals surface area contributed by atoms with Crippen molar-refractivity contribution in [2.75, 3.05) is 7.05 Å². The molecule has 0 saturated carbocycles. The Morgan fingerprint density at radius 1 is 1.92 bits per heavy atom. The average Bonchev–Trinajstić information content (AvgIpc) is 2.55. The van der Waals surface area contributed by atoms with E-state index in [9.17, 15) is 4.79 Å². The van der Waals surface area contributed by atoms with Gasteiger partial charge in [0.15, 0.2) is 6.39 Å². The summed E-state index contributed by atoms with van der Waals surface area (Å²) in [7, 11) is 1.67. The fourth-order valence-corrected chi connectivity index (χ4v) is 0.788. The van der Waals surface area contributed by atoms with E-state index >= 15 is 0 Å². The second-order valence-electron chi connectivity index (χ2n) is 2.37. The van der Waals surface area contributed by atoms with E-state index in [4.69, 9.17) is 4.42 Å². The molecule has 0 bridgehead atoms. The van der Waals surface area contributed by atoms with Gasteiger partial charge in [-0.1, -0.05) is 6.58 Å². The van der Waals surface area contributed by atoms with E-state index in [1.807, 2.05) is 0 Å². The van der Waals surface area contributed by atoms with Gasteiger partial charge >= 0.3 is 0 Å². The van der Waals surface area contributed by atoms with Gasteiger partial charge < -0.3 is 9.32 Å². The van der Waals surface area contributed by atoms with Crippen LogP contribution in [0.15, 0.2) is 29.7 Å². The van der Waals surface area contributed by atoms with E-state index < -0.39 is 0 Å². The molecule has 0 N–H and O–H groups in total. The molecule has 0 aromatic carbocycles. The van der Waals surface area contributed by atoms with E-state index in [1.165, 1.54) is 17.4 Å². The van der Waals surface area contributed by atoms with Crippen LogP contribution in [0.2, 0.25) is 0 Å². The molecule has 1 aromatic heterocycles. The van der Waals surface area contributed by atoms with Crippen LogP contribution in [0.4, 0.5) is 0 Å². The highest BCUT2D eigenvalue weighted by Gasteiger charge is 2.06. The lowest BCUT2D eigenvalue weighted by atomic mass is 10.4. The van der Waals surface area contributed by atoms with Gasteiger partial charge in [-0.05, 0) is 6.08 Å². The van der Waals surface area contributed by atoms with Crippen LogP contribution < -0.4 is 0 Å². The first kappa shape index (κ1) is 8.52. The minimum Gasteiger partial charge on any atom is -0.447 e. The van der Waals surface area contributed by atoms with Crippen molar-refractivity contribution in [3.63, 3.8) is 0 Å². The molecule has 4 heteroatoms. The number of oxazole rings is 1. The molecule has 0 spiro atoms. The van der Waals surface area contributed by atoms with Gasteiger partial charge in [0.25, 0.3) is 0 Å². The zero-order valence-corrected chi connectivity index (χ0v) is 6.86. The van der Waals surface area contributed by atoms with Crippen molar-refractivity contribution in [3.8, 4) is 0 Å². The minimum absolute atomic E-state index is 0.133. The van der Waals surface area contributed by atoms with Crippen LogP contribution in [-0.4, -0.2) is 22.8 Å². The van der Waals surface area contributed by atoms with Crippen molar-refractivity contribution >= 4 is 5.91 Å². The Morgan fingerprint density at radius 3 is 3.17 bits per heavy atom. The van der Waals surface area contributed by atoms with Crippen molar-refractivity contribution < 1.29 is 9.21 Å². The lowest BCUT2D eigenvalue weighted by Crippen LogP contribution is -2.23. The van der Waals surface area contributed by atoms with E-state index in [-0.39, 0.29) is 5.91 Å². The van der Waals surface area contributed by atoms with Crippen LogP contribution in [0.25, 0.3) is 0 Å². The van der Waals surface area contributed by atoms with Crippen LogP contribution >= 0.6 is 0 Å². The van der Waals surface area contributed by atoms with E-state index in [0.717, 1.165) is 0 Å². The first-order chi connectivity index (χ1) is 5.74. The van der Waals surface area contributed by atoms with Gasteiger partial charge in [-0.3, -0.25) is 4.79 Å². The normalized spacial score (nSPS) is 9.42. The largest absolute Gasteiger partial charge is 0.447 e. The fraction of sp³-hybridized carbons (Fsp3) is 0.250. The molecule has 0 unspecified atom stereocenters. The first-order valence-electron chi connectivity index (χ1n) is 3.49. The summed E-state index contributed by atoms with van der Waals surface area (Å²) in [4.78, 5) is 16.2. The number of carbonyl (C=O) groups excluding carboxylic acids is 1. The molecular formula is C8H10N2O2. The summed E-state index contributed by atoms with van der Waals surface area (Å²) in [5.74, 6) is 0.527. The highest BCUT2D eigenvalue weighted by molar-refractivity contribution is 5.86. The zero-order valence-electron chi connectivity index (χ0n) is 6.86. The number of amides is 1. The maximum Gasteiger partial charge on any atom is 0.246 e. The summed E-state index contributed by atoms with van der Waals surface area (Å²) in [6, 6.07) is 0. The monoisotopic (exact) mass is 166 g/mol. The SMILES string of the molecule is C=CC(=O)N(C)Cc1cnco1. The van der Waals surface area contributed by atoms with Crippen LogP contribution in [0.3, 0.4) is 0 Å². The summed E-state index contributed by atoms with van der Waals surface area (Å²) in [6.45, 7) is 3.79. The Bertz CT molecular complexity index is 267. The van der Waals surface area contributed by atoms with Crippen LogP contribution in [-0.2, 0) is 11.3 Å². The highest BCUT2D eigenvalue weighted by atomic mass is 16.3. The summed E-state index contributed by atoms with van der Waals surface area (Å²) >= 11 is 0. The molecule has 1 aromatic rings. The fourth-order valence-electron chi connectivity index (χ4n) is 0.788. The molecule has 1 rings (SSSR count). The predicted molar refractivity (Wildman–Crippen MR) is 43.2 cm³/mol. The number of nitrogens with zero attached hydrogens (tertiary/aromatic N) is 2. The van der Waals surface area contributed by atoms with Gasteiger partial charge in [0.1, 0.15) is 5.76 Å². The average molecular weight is 166 g/mol. The maximum absolute atomic E-state index is 11.0. The number of rotatable bonds is 3. The number of carbonyl (C=O) groups is 1. The Morgan fingerprint density at radius 2 is 2.67 bits per heavy atom. The van der Waals surface area contributed by atoms with Gasteiger partial charge in [0.05, 0.1) is 12.7 Å². The lowest BCUT2D eigenvalue weighted by molar-refractivity contribution is -0.125. The topological polar surface area (TPSA) is 46.3 Å². The van der Waals surface area contributed by atoms with Crippen LogP contribution in [0.5, 0.6) is 0 Å². The van der Waals surface area contributed by atoms with Crippen molar-refractivity contribution in [1.82, 2.24) is 9.88 Å². The molecule has 0 saturated heterocycles. The smallest absolute Gasteiger partial charge is 0.246 e. The Labute approximate surface area is 70.5 Å². The van der Waals surface area contributed by atoms with Gasteiger partial charge in [-0.15, -0.1) is 0 Å². The Hall–Kier alpha value is -1.58. The van der Waals surface area contributed by atoms with E-state index in [1.54, 1.807) is 13.2 Å². The molecule has 64 valence electrons. The van der Waals surface area contributed by atoms with Gasteiger partial charge in [0.2, 0.25) is 5.91 Å². The molecule has 0 atom stereocenters. The molecule has 0 aliphatic rings. The number of hydrogen-bond acceptors (Lipinski definition) is 3. The summed E-state index contributed by atoms with van der Waals surface area (Å²) in [5.41, 5.74) is 0. The zero-order chi connectivity index (χ0) is 8.97. The molecule has 1 amide bonds. The van der Waals surface area contributed by atoms with Gasteiger partial charge in [-0.25, -0.2) is 4.98 Å². The van der Waals surface area contributed by atoms with Gasteiger partial charge in [-0.2, -0.15) is 0 Å². The molecular weight excluding hydrogens is 156 g/mol. The standard InChI is InChI=1S/C8H10N2O2/c1-3-8(11)10(2)5-7-4-9-6-12-7/h3-4,6H,1,5H2,2H3. The lowest BCUT2D eigenvalue weighted by Gasteiger charge is -2.11. The van der Waals surface area contributed by atoms with Crippen molar-refractivity contribution in [2.24, 2.45) is 0 Å². The van der Waals surface area contributed by atoms with Crippen molar-refractivity contribution in [3.05, 3.63) is 31.0 Å². The summed E-state index contributed by atoms with van der Waals surface area (Å²) in [6.07, 6.45) is 4.17. The van der Waals surface area contributed by atoms with E-state index in [0.29, 0.717) is 12.3 Å². The predicted octanol–water partition coefficient (Wildman–Crippen LogP) is 0.819. The summed E-state index contributed by atoms with van der Waals surface area (Å²) in [5, 5.41) is 0. The molecule has 1 heterocycles. The third-order valence-corrected chi connectivity index (χ3v) is 1.43. The third-order valence-electron chi connectivity index (χ3n) is 1.43. The molecule has 12 heavy (non-hydrogen) atoms. The summed E-state index contributed by atoms with van der Waals surface area (Å²) < 4.78 is 4.96. The number of likely N-dealkylation sites (N-methyl/N-ethyl adjacent to an activating group) is 1. The number of aromatic nitrogens is 1. The number of hydrogen-bond donors (Lipinski definition) is 0. The van der Waals surface area contributed by atoms with Gasteiger partial charge in [0, 0.05) is 7.05 Å². The van der Waals surface area contributed by atoms with Crippen LogP contribution in [0, 0.1) is 0 Å². The molecule has 0 aliphatic heterocycles. The quantitative estimate of drug-likeness (QED) is 0.624. The second-order valence-corrected chi connectivity index (χ2v) is 2.37. The van der Waals surface area contributed by atoms with E-state index in [2.05, 4.69) is 11.6 Å². The molecule has 4 nitrogen and oxygen atoms in total. The minimum atomic E-state index is -0.133. The molecule has 0 aliphatic carbocycles. The first-order valence-corrected chi connectivity index (χ1v) is 3.49. The van der Waals surface area contributed by atoms with Crippen LogP contribution in [0.1, 0.15) is 5.76 Å². The second kappa shape index (κ2) is 3.71. The van der Waals surface area contributed by atoms with Crippen molar-refractivity contribution in [1.29, 1.82) is 0 Å². The Balaban J connectivity index is 2.52. The third kappa shape index (κ3) is 1.95. The van der Waals surface area contributed by atoms with Crippen molar-refractivity contribution in [2.45, 2.75) is 6.54 Å². The molecule has 0 fully saturated rings. The highest BCUT2D eigenvalue weighted by Crippen LogP contribution is 2.01.